The van der Waals surface area contributed by atoms with Crippen molar-refractivity contribution in [3.63, 3.8) is 0 Å². The smallest absolute Gasteiger partial charge is 0.380 e. The number of morpholine rings is 1. The summed E-state index contributed by atoms with van der Waals surface area (Å²) in [4.78, 5) is 40.7. The molecular formula is C38H48LiN7O3-2. The Kier molecular flexibility index (Phi) is 15.9. The van der Waals surface area contributed by atoms with Gasteiger partial charge in [-0.3, -0.25) is 14.6 Å². The number of anilines is 1. The summed E-state index contributed by atoms with van der Waals surface area (Å²) < 4.78 is 5.54. The van der Waals surface area contributed by atoms with Crippen LogP contribution in [0.4, 0.5) is 5.69 Å². The fraction of sp³-hybridized carbons (Fsp3) is 0.342. The number of nitrogens with zero attached hydrogens (tertiary/aromatic N) is 4. The van der Waals surface area contributed by atoms with E-state index in [0.717, 1.165) is 103 Å². The molecule has 0 spiro atoms. The Labute approximate surface area is 303 Å². The van der Waals surface area contributed by atoms with Crippen molar-refractivity contribution < 1.29 is 33.2 Å². The van der Waals surface area contributed by atoms with Gasteiger partial charge in [-0.2, -0.15) is 18.9 Å². The third-order valence-electron chi connectivity index (χ3n) is 7.74. The Balaban J connectivity index is 0.000000370. The van der Waals surface area contributed by atoms with Gasteiger partial charge in [0.15, 0.2) is 0 Å². The summed E-state index contributed by atoms with van der Waals surface area (Å²) in [5, 5.41) is 7.93. The predicted molar refractivity (Wildman–Crippen MR) is 194 cm³/mol. The van der Waals surface area contributed by atoms with Gasteiger partial charge in [0, 0.05) is 53.9 Å². The van der Waals surface area contributed by atoms with Crippen LogP contribution in [0.1, 0.15) is 47.3 Å². The summed E-state index contributed by atoms with van der Waals surface area (Å²) in [6.07, 6.45) is 12.7. The number of ether oxygens (including phenoxy) is 1. The van der Waals surface area contributed by atoms with Crippen molar-refractivity contribution in [1.29, 1.82) is 0 Å². The number of aryl methyl sites for hydroxylation is 1. The summed E-state index contributed by atoms with van der Waals surface area (Å²) in [5.41, 5.74) is 4.91. The zero-order chi connectivity index (χ0) is 34.5. The number of hydrogen-bond donors (Lipinski definition) is 3. The fourth-order valence-electron chi connectivity index (χ4n) is 5.22. The number of hydrogen-bond acceptors (Lipinski definition) is 7. The Morgan fingerprint density at radius 2 is 1.92 bits per heavy atom. The second-order valence-corrected chi connectivity index (χ2v) is 12.1. The first-order valence-corrected chi connectivity index (χ1v) is 16.4. The molecule has 0 bridgehead atoms. The van der Waals surface area contributed by atoms with Crippen molar-refractivity contribution in [2.45, 2.75) is 38.6 Å². The maximum atomic E-state index is 12.6. The van der Waals surface area contributed by atoms with E-state index in [0.29, 0.717) is 5.69 Å². The molecule has 2 aliphatic rings. The Morgan fingerprint density at radius 3 is 2.61 bits per heavy atom. The summed E-state index contributed by atoms with van der Waals surface area (Å²) in [6, 6.07) is 11.6. The van der Waals surface area contributed by atoms with Crippen LogP contribution in [0.2, 0.25) is 0 Å². The molecule has 3 aromatic rings. The van der Waals surface area contributed by atoms with Gasteiger partial charge >= 0.3 is 18.9 Å². The van der Waals surface area contributed by atoms with Gasteiger partial charge in [0.2, 0.25) is 5.91 Å². The number of aromatic nitrogens is 2. The molecule has 0 radical (unpaired) electrons. The van der Waals surface area contributed by atoms with E-state index >= 15 is 0 Å². The summed E-state index contributed by atoms with van der Waals surface area (Å²) in [6.45, 7) is 17.2. The number of fused-ring (bicyclic) bond motifs is 1. The molecule has 49 heavy (non-hydrogen) atoms. The van der Waals surface area contributed by atoms with E-state index in [9.17, 15) is 9.59 Å². The molecule has 2 aliphatic heterocycles. The molecule has 1 atom stereocenters. The standard InChI is InChI=1S/C27H28N5O2.C11H20N2O.Li/c1-18-8-10-28-25(15-18)27(33)31-22-7-6-20(16-19(22)2)24-17-21-23(30-24)5-3-4-9-29-26(21)32-11-13-34-14-12-32;1-5-7-10(2)12-11(14)8-6-9-13(3)4;/h5-10,15-17,30H,1,3-4,11-14H2,2H3,(H,31,33);6,8,10H,1-2,5,7,9H2,3-4H3,(H,12,14);/q-1;-2;+1/b23-5+,26-21+,29-9-;8-6+;. The molecular weight excluding hydrogens is 609 g/mol. The van der Waals surface area contributed by atoms with Gasteiger partial charge in [0.05, 0.1) is 18.9 Å². The van der Waals surface area contributed by atoms with Crippen LogP contribution in [0.5, 0.6) is 0 Å². The van der Waals surface area contributed by atoms with Crippen molar-refractivity contribution >= 4 is 35.6 Å². The number of likely N-dealkylation sites (N-methyl/N-ethyl adjacent to an activating group) is 1. The molecule has 1 aromatic carbocycles. The first kappa shape index (κ1) is 39.4. The van der Waals surface area contributed by atoms with Crippen LogP contribution in [-0.2, 0) is 9.53 Å². The second-order valence-electron chi connectivity index (χ2n) is 12.1. The summed E-state index contributed by atoms with van der Waals surface area (Å²) in [5.74, 6) is 0.666. The Hall–Kier alpha value is -4.07. The molecule has 3 N–H and O–H groups in total. The molecule has 0 saturated carbocycles. The van der Waals surface area contributed by atoms with Gasteiger partial charge in [-0.15, -0.1) is 12.1 Å². The van der Waals surface area contributed by atoms with Crippen molar-refractivity contribution in [2.24, 2.45) is 4.99 Å². The minimum atomic E-state index is -0.249. The number of H-pyrrole nitrogens is 1. The third-order valence-corrected chi connectivity index (χ3v) is 7.74. The topological polar surface area (TPSA) is 115 Å². The van der Waals surface area contributed by atoms with Crippen LogP contribution < -0.4 is 40.1 Å². The number of carbonyl (C=O) groups is 2. The maximum Gasteiger partial charge on any atom is 1.00 e. The van der Waals surface area contributed by atoms with Gasteiger partial charge in [-0.1, -0.05) is 30.7 Å². The molecule has 5 rings (SSSR count). The van der Waals surface area contributed by atoms with Crippen LogP contribution in [0, 0.1) is 27.7 Å². The largest absolute Gasteiger partial charge is 1.00 e. The summed E-state index contributed by atoms with van der Waals surface area (Å²) >= 11 is 0. The van der Waals surface area contributed by atoms with Crippen molar-refractivity contribution in [3.8, 4) is 11.3 Å². The first-order chi connectivity index (χ1) is 23.1. The zero-order valence-electron chi connectivity index (χ0n) is 29.4. The molecule has 2 amide bonds. The SMILES string of the molecule is [CH2-]CCC([CH2-])NC(=O)/C=C/CN(C)C.[CH2-]c1ccnc(C(=O)Nc2ccc(-c3cc4/c([nH]3)=C\CC/C=N\C=4N3CCOCC3)cc2C)c1.[Li+]. The Morgan fingerprint density at radius 1 is 1.14 bits per heavy atom. The molecule has 2 aromatic heterocycles. The Bertz CT molecular complexity index is 1720. The van der Waals surface area contributed by atoms with Gasteiger partial charge < -0.3 is 44.0 Å². The molecule has 1 unspecified atom stereocenters. The number of rotatable bonds is 10. The average Bonchev–Trinajstić information content (AvgIpc) is 3.45. The molecule has 1 saturated heterocycles. The van der Waals surface area contributed by atoms with Crippen molar-refractivity contribution in [2.75, 3.05) is 52.3 Å². The molecule has 4 heterocycles. The van der Waals surface area contributed by atoms with Crippen molar-refractivity contribution in [1.82, 2.24) is 25.1 Å². The molecule has 11 heteroatoms. The van der Waals surface area contributed by atoms with E-state index < -0.39 is 0 Å². The van der Waals surface area contributed by atoms with E-state index in [1.54, 1.807) is 24.4 Å². The molecule has 0 aliphatic carbocycles. The normalized spacial score (nSPS) is 17.3. The van der Waals surface area contributed by atoms with E-state index in [1.807, 2.05) is 50.3 Å². The van der Waals surface area contributed by atoms with Crippen molar-refractivity contribution in [3.05, 3.63) is 103 Å². The van der Waals surface area contributed by atoms with Gasteiger partial charge in [0.25, 0.3) is 5.91 Å². The molecule has 256 valence electrons. The van der Waals surface area contributed by atoms with Crippen LogP contribution in [-0.4, -0.2) is 90.8 Å². The van der Waals surface area contributed by atoms with Gasteiger partial charge in [-0.05, 0) is 69.4 Å². The van der Waals surface area contributed by atoms with Crippen LogP contribution in [0.25, 0.3) is 23.2 Å². The predicted octanol–water partition coefficient (Wildman–Crippen LogP) is 0.904. The van der Waals surface area contributed by atoms with E-state index in [4.69, 9.17) is 9.73 Å². The fourth-order valence-corrected chi connectivity index (χ4v) is 5.22. The van der Waals surface area contributed by atoms with Gasteiger partial charge in [0.1, 0.15) is 5.82 Å². The molecule has 1 fully saturated rings. The number of pyridine rings is 1. The molecule has 10 nitrogen and oxygen atoms in total. The first-order valence-electron chi connectivity index (χ1n) is 16.4. The van der Waals surface area contributed by atoms with Crippen LogP contribution in [0.3, 0.4) is 0 Å². The minimum absolute atomic E-state index is 0. The summed E-state index contributed by atoms with van der Waals surface area (Å²) in [7, 11) is 3.91. The van der Waals surface area contributed by atoms with E-state index in [-0.39, 0.29) is 36.7 Å². The van der Waals surface area contributed by atoms with E-state index in [2.05, 4.69) is 64.5 Å². The minimum Gasteiger partial charge on any atom is -0.380 e. The third kappa shape index (κ3) is 12.1. The maximum absolute atomic E-state index is 12.6. The van der Waals surface area contributed by atoms with Crippen LogP contribution in [0.15, 0.2) is 59.7 Å². The zero-order valence-corrected chi connectivity index (χ0v) is 29.4. The van der Waals surface area contributed by atoms with Gasteiger partial charge in [-0.25, -0.2) is 4.99 Å². The number of nitrogens with one attached hydrogen (secondary N) is 3. The average molecular weight is 658 g/mol. The van der Waals surface area contributed by atoms with E-state index in [1.165, 1.54) is 0 Å². The van der Waals surface area contributed by atoms with Crippen LogP contribution >= 0.6 is 0 Å². The quantitative estimate of drug-likeness (QED) is 0.170. The number of carbonyl (C=O) groups excluding carboxylic acids is 2. The number of aromatic amines is 1. The number of benzene rings is 1. The second kappa shape index (κ2) is 19.8. The number of aliphatic imine (C=N–C) groups is 1. The number of amides is 2. The monoisotopic (exact) mass is 657 g/mol.